The Hall–Kier alpha value is -6.43. The maximum absolute atomic E-state index is 6.42. The maximum Gasteiger partial charge on any atom is 0.165 e. The van der Waals surface area contributed by atoms with E-state index < -0.39 is 0 Å². The molecule has 7 aromatic carbocycles. The van der Waals surface area contributed by atoms with Crippen LogP contribution in [-0.2, 0) is 0 Å². The number of rotatable bonds is 5. The predicted molar refractivity (Wildman–Crippen MR) is 207 cm³/mol. The van der Waals surface area contributed by atoms with Gasteiger partial charge in [0.1, 0.15) is 11.2 Å². The third-order valence-electron chi connectivity index (χ3n) is 9.37. The molecule has 0 amide bonds. The molecule has 0 N–H and O–H groups in total. The minimum atomic E-state index is 0.615. The molecule has 0 aliphatic rings. The highest BCUT2D eigenvalue weighted by Crippen LogP contribution is 2.41. The van der Waals surface area contributed by atoms with Crippen molar-refractivity contribution < 1.29 is 4.42 Å². The number of aromatic nitrogens is 3. The third-order valence-corrected chi connectivity index (χ3v) is 10.6. The smallest absolute Gasteiger partial charge is 0.165 e. The number of nitrogens with zero attached hydrogens (tertiary/aromatic N) is 3. The molecule has 5 heteroatoms. The summed E-state index contributed by atoms with van der Waals surface area (Å²) in [7, 11) is 0. The van der Waals surface area contributed by atoms with Crippen LogP contribution in [0, 0.1) is 0 Å². The third kappa shape index (κ3) is 4.71. The topological polar surface area (TPSA) is 51.8 Å². The molecule has 0 fully saturated rings. The first-order chi connectivity index (χ1) is 24.8. The van der Waals surface area contributed by atoms with Crippen LogP contribution < -0.4 is 0 Å². The summed E-state index contributed by atoms with van der Waals surface area (Å²) >= 11 is 1.78. The van der Waals surface area contributed by atoms with Crippen molar-refractivity contribution in [1.82, 2.24) is 15.0 Å². The zero-order valence-corrected chi connectivity index (χ0v) is 27.6. The largest absolute Gasteiger partial charge is 0.455 e. The van der Waals surface area contributed by atoms with E-state index in [0.717, 1.165) is 60.9 Å². The van der Waals surface area contributed by atoms with Crippen molar-refractivity contribution in [2.45, 2.75) is 0 Å². The molecule has 0 bridgehead atoms. The van der Waals surface area contributed by atoms with E-state index >= 15 is 0 Å². The summed E-state index contributed by atoms with van der Waals surface area (Å²) in [5.41, 5.74) is 8.85. The van der Waals surface area contributed by atoms with Crippen LogP contribution in [0.3, 0.4) is 0 Å². The molecular formula is C45H27N3OS. The van der Waals surface area contributed by atoms with Gasteiger partial charge >= 0.3 is 0 Å². The fraction of sp³-hybridized carbons (Fsp3) is 0. The van der Waals surface area contributed by atoms with Gasteiger partial charge < -0.3 is 4.42 Å². The molecule has 0 spiro atoms. The summed E-state index contributed by atoms with van der Waals surface area (Å²) in [6.07, 6.45) is 0. The van der Waals surface area contributed by atoms with Crippen molar-refractivity contribution >= 4 is 53.4 Å². The van der Waals surface area contributed by atoms with Crippen molar-refractivity contribution in [3.05, 3.63) is 164 Å². The number of hydrogen-bond acceptors (Lipinski definition) is 5. The summed E-state index contributed by atoms with van der Waals surface area (Å²) in [5, 5.41) is 4.66. The molecule has 50 heavy (non-hydrogen) atoms. The highest BCUT2D eigenvalue weighted by Gasteiger charge is 2.19. The summed E-state index contributed by atoms with van der Waals surface area (Å²) < 4.78 is 8.83. The molecular weight excluding hydrogens is 631 g/mol. The van der Waals surface area contributed by atoms with Crippen molar-refractivity contribution in [3.63, 3.8) is 0 Å². The van der Waals surface area contributed by atoms with E-state index in [1.54, 1.807) is 11.3 Å². The molecule has 234 valence electrons. The lowest BCUT2D eigenvalue weighted by molar-refractivity contribution is 0.670. The van der Waals surface area contributed by atoms with E-state index in [2.05, 4.69) is 140 Å². The van der Waals surface area contributed by atoms with Gasteiger partial charge in [0.25, 0.3) is 0 Å². The lowest BCUT2D eigenvalue weighted by Crippen LogP contribution is -2.01. The average molecular weight is 658 g/mol. The molecule has 0 aliphatic carbocycles. The Balaban J connectivity index is 1.20. The molecule has 4 nitrogen and oxygen atoms in total. The van der Waals surface area contributed by atoms with Gasteiger partial charge in [0.2, 0.25) is 0 Å². The van der Waals surface area contributed by atoms with Gasteiger partial charge in [-0.2, -0.15) is 0 Å². The standard InChI is InChI=1S/C45H27N3OS/c1-2-13-28(14-3-1)31-17-4-5-20-37(31)44-46-43(47-45(48-44)38-24-12-23-36-34-19-7-9-26-40(34)50-42(36)38)30-16-10-15-29(27-30)32-21-11-22-35-33-18-6-8-25-39(33)49-41(32)35/h1-27H. The van der Waals surface area contributed by atoms with Gasteiger partial charge in [-0.15, -0.1) is 11.3 Å². The fourth-order valence-electron chi connectivity index (χ4n) is 7.02. The van der Waals surface area contributed by atoms with Crippen LogP contribution >= 0.6 is 11.3 Å². The zero-order chi connectivity index (χ0) is 33.0. The SMILES string of the molecule is c1ccc(-c2ccccc2-c2nc(-c3cccc(-c4cccc5c4oc4ccccc45)c3)nc(-c3cccc4c3sc3ccccc34)n2)cc1. The zero-order valence-electron chi connectivity index (χ0n) is 26.7. The number of fused-ring (bicyclic) bond motifs is 6. The van der Waals surface area contributed by atoms with Crippen molar-refractivity contribution in [3.8, 4) is 56.4 Å². The summed E-state index contributed by atoms with van der Waals surface area (Å²) in [4.78, 5) is 15.6. The molecule has 0 radical (unpaired) electrons. The van der Waals surface area contributed by atoms with Gasteiger partial charge in [-0.05, 0) is 41.0 Å². The number of benzene rings is 7. The van der Waals surface area contributed by atoms with Gasteiger partial charge in [0.05, 0.1) is 0 Å². The Morgan fingerprint density at radius 3 is 1.84 bits per heavy atom. The van der Waals surface area contributed by atoms with Gasteiger partial charge in [-0.1, -0.05) is 140 Å². The first-order valence-electron chi connectivity index (χ1n) is 16.6. The fourth-order valence-corrected chi connectivity index (χ4v) is 8.23. The molecule has 0 saturated heterocycles. The Kier molecular flexibility index (Phi) is 6.64. The number of hydrogen-bond donors (Lipinski definition) is 0. The van der Waals surface area contributed by atoms with E-state index in [1.807, 2.05) is 24.3 Å². The Labute approximate surface area is 292 Å². The van der Waals surface area contributed by atoms with Crippen LogP contribution in [-0.4, -0.2) is 15.0 Å². The molecule has 0 saturated carbocycles. The normalized spacial score (nSPS) is 11.6. The monoisotopic (exact) mass is 657 g/mol. The molecule has 3 heterocycles. The number of thiophene rings is 1. The number of para-hydroxylation sites is 2. The Bertz CT molecular complexity index is 2890. The molecule has 10 rings (SSSR count). The van der Waals surface area contributed by atoms with E-state index in [-0.39, 0.29) is 0 Å². The second-order valence-corrected chi connectivity index (χ2v) is 13.4. The quantitative estimate of drug-likeness (QED) is 0.185. The second-order valence-electron chi connectivity index (χ2n) is 12.4. The van der Waals surface area contributed by atoms with Crippen molar-refractivity contribution in [2.75, 3.05) is 0 Å². The van der Waals surface area contributed by atoms with Crippen LogP contribution in [0.1, 0.15) is 0 Å². The van der Waals surface area contributed by atoms with E-state index in [1.165, 1.54) is 20.2 Å². The highest BCUT2D eigenvalue weighted by atomic mass is 32.1. The first-order valence-corrected chi connectivity index (χ1v) is 17.4. The molecule has 3 aromatic heterocycles. The van der Waals surface area contributed by atoms with Gasteiger partial charge in [-0.25, -0.2) is 15.0 Å². The van der Waals surface area contributed by atoms with Crippen molar-refractivity contribution in [2.24, 2.45) is 0 Å². The molecule has 10 aromatic rings. The van der Waals surface area contributed by atoms with Gasteiger partial charge in [0.15, 0.2) is 17.5 Å². The summed E-state index contributed by atoms with van der Waals surface area (Å²) in [6.45, 7) is 0. The Morgan fingerprint density at radius 1 is 0.380 bits per heavy atom. The van der Waals surface area contributed by atoms with Gasteiger partial charge in [-0.3, -0.25) is 0 Å². The molecule has 0 aliphatic heterocycles. The highest BCUT2D eigenvalue weighted by molar-refractivity contribution is 7.26. The van der Waals surface area contributed by atoms with Gasteiger partial charge in [0, 0.05) is 53.2 Å². The van der Waals surface area contributed by atoms with E-state index in [0.29, 0.717) is 17.5 Å². The van der Waals surface area contributed by atoms with E-state index in [4.69, 9.17) is 19.4 Å². The first kappa shape index (κ1) is 28.6. The minimum Gasteiger partial charge on any atom is -0.455 e. The average Bonchev–Trinajstić information content (AvgIpc) is 3.77. The summed E-state index contributed by atoms with van der Waals surface area (Å²) in [6, 6.07) is 56.7. The molecule has 0 unspecified atom stereocenters. The van der Waals surface area contributed by atoms with Crippen LogP contribution in [0.25, 0.3) is 98.5 Å². The lowest BCUT2D eigenvalue weighted by Gasteiger charge is -2.13. The predicted octanol–water partition coefficient (Wildman–Crippen LogP) is 12.5. The Morgan fingerprint density at radius 2 is 0.960 bits per heavy atom. The van der Waals surface area contributed by atoms with E-state index in [9.17, 15) is 0 Å². The van der Waals surface area contributed by atoms with Crippen LogP contribution in [0.2, 0.25) is 0 Å². The second kappa shape index (κ2) is 11.6. The number of furan rings is 1. The summed E-state index contributed by atoms with van der Waals surface area (Å²) in [5.74, 6) is 1.90. The lowest BCUT2D eigenvalue weighted by atomic mass is 9.98. The van der Waals surface area contributed by atoms with Crippen LogP contribution in [0.5, 0.6) is 0 Å². The minimum absolute atomic E-state index is 0.615. The van der Waals surface area contributed by atoms with Crippen LogP contribution in [0.4, 0.5) is 0 Å². The maximum atomic E-state index is 6.42. The molecule has 0 atom stereocenters. The van der Waals surface area contributed by atoms with Crippen LogP contribution in [0.15, 0.2) is 168 Å². The van der Waals surface area contributed by atoms with Crippen molar-refractivity contribution in [1.29, 1.82) is 0 Å².